The molecule has 1 saturated heterocycles. The maximum absolute atomic E-state index is 4.93. The summed E-state index contributed by atoms with van der Waals surface area (Å²) < 4.78 is 1.31. The van der Waals surface area contributed by atoms with Gasteiger partial charge in [0, 0.05) is 31.9 Å². The van der Waals surface area contributed by atoms with E-state index in [0.29, 0.717) is 0 Å². The Hall–Kier alpha value is -2.07. The monoisotopic (exact) mass is 351 g/mol. The van der Waals surface area contributed by atoms with Crippen LogP contribution in [0.2, 0.25) is 0 Å². The van der Waals surface area contributed by atoms with Gasteiger partial charge in [-0.3, -0.25) is 0 Å². The van der Waals surface area contributed by atoms with Crippen LogP contribution >= 0.6 is 11.3 Å². The quantitative estimate of drug-likeness (QED) is 0.657. The molecule has 2 heterocycles. The summed E-state index contributed by atoms with van der Waals surface area (Å²) in [5.74, 6) is 0. The van der Waals surface area contributed by atoms with E-state index in [2.05, 4.69) is 67.8 Å². The smallest absolute Gasteiger partial charge is 0.186 e. The molecule has 2 aromatic carbocycles. The summed E-state index contributed by atoms with van der Waals surface area (Å²) in [7, 11) is 0. The summed E-state index contributed by atoms with van der Waals surface area (Å²) in [4.78, 5) is 9.89. The standard InChI is InChI=1S/C21H25N3S/c1-14-5-6-16(3)18(12-14)23-7-9-24(10-8-23)21-22-20-17(4)11-15(2)13-19(20)25-21/h5-6,11-13H,7-10H2,1-4H3. The van der Waals surface area contributed by atoms with Gasteiger partial charge in [0.1, 0.15) is 0 Å². The topological polar surface area (TPSA) is 19.4 Å². The normalized spacial score (nSPS) is 15.2. The zero-order valence-corrected chi connectivity index (χ0v) is 16.3. The van der Waals surface area contributed by atoms with Gasteiger partial charge in [0.25, 0.3) is 0 Å². The van der Waals surface area contributed by atoms with Crippen molar-refractivity contribution in [2.24, 2.45) is 0 Å². The van der Waals surface area contributed by atoms with Gasteiger partial charge < -0.3 is 9.80 Å². The van der Waals surface area contributed by atoms with Gasteiger partial charge in [0.15, 0.2) is 5.13 Å². The number of nitrogens with zero attached hydrogens (tertiary/aromatic N) is 3. The molecule has 0 aliphatic carbocycles. The van der Waals surface area contributed by atoms with Crippen molar-refractivity contribution in [3.63, 3.8) is 0 Å². The molecule has 0 bridgehead atoms. The molecule has 130 valence electrons. The molecule has 0 spiro atoms. The van der Waals surface area contributed by atoms with E-state index < -0.39 is 0 Å². The molecule has 0 radical (unpaired) electrons. The van der Waals surface area contributed by atoms with E-state index in [-0.39, 0.29) is 0 Å². The minimum absolute atomic E-state index is 1.03. The first-order valence-electron chi connectivity index (χ1n) is 8.96. The summed E-state index contributed by atoms with van der Waals surface area (Å²) in [6, 6.07) is 11.2. The molecule has 4 rings (SSSR count). The molecule has 0 saturated carbocycles. The molecule has 4 heteroatoms. The van der Waals surface area contributed by atoms with Gasteiger partial charge in [-0.2, -0.15) is 0 Å². The van der Waals surface area contributed by atoms with Gasteiger partial charge in [-0.25, -0.2) is 4.98 Å². The lowest BCUT2D eigenvalue weighted by atomic mass is 10.1. The fourth-order valence-electron chi connectivity index (χ4n) is 3.69. The molecule has 0 unspecified atom stereocenters. The second-order valence-electron chi connectivity index (χ2n) is 7.19. The molecule has 0 atom stereocenters. The average Bonchev–Trinajstić information content (AvgIpc) is 3.01. The van der Waals surface area contributed by atoms with Crippen molar-refractivity contribution in [1.82, 2.24) is 4.98 Å². The van der Waals surface area contributed by atoms with Crippen molar-refractivity contribution in [3.05, 3.63) is 52.6 Å². The van der Waals surface area contributed by atoms with E-state index in [1.165, 1.54) is 43.3 Å². The molecular weight excluding hydrogens is 326 g/mol. The number of fused-ring (bicyclic) bond motifs is 1. The molecule has 3 aromatic rings. The minimum atomic E-state index is 1.03. The minimum Gasteiger partial charge on any atom is -0.368 e. The van der Waals surface area contributed by atoms with Crippen LogP contribution in [0.5, 0.6) is 0 Å². The molecule has 0 N–H and O–H groups in total. The molecule has 1 aliphatic heterocycles. The summed E-state index contributed by atoms with van der Waals surface area (Å²) in [5, 5.41) is 1.17. The molecule has 1 aliphatic rings. The van der Waals surface area contributed by atoms with E-state index in [1.54, 1.807) is 0 Å². The highest BCUT2D eigenvalue weighted by atomic mass is 32.1. The second kappa shape index (κ2) is 6.34. The number of aryl methyl sites for hydroxylation is 4. The van der Waals surface area contributed by atoms with Crippen molar-refractivity contribution in [2.45, 2.75) is 27.7 Å². The number of rotatable bonds is 2. The lowest BCUT2D eigenvalue weighted by Crippen LogP contribution is -2.46. The van der Waals surface area contributed by atoms with Crippen LogP contribution in [0.25, 0.3) is 10.2 Å². The highest BCUT2D eigenvalue weighted by molar-refractivity contribution is 7.22. The van der Waals surface area contributed by atoms with Gasteiger partial charge in [-0.05, 0) is 62.1 Å². The lowest BCUT2D eigenvalue weighted by molar-refractivity contribution is 0.651. The summed E-state index contributed by atoms with van der Waals surface area (Å²) in [6.45, 7) is 12.9. The number of hydrogen-bond donors (Lipinski definition) is 0. The van der Waals surface area contributed by atoms with Gasteiger partial charge in [-0.1, -0.05) is 29.5 Å². The zero-order valence-electron chi connectivity index (χ0n) is 15.5. The Morgan fingerprint density at radius 2 is 1.52 bits per heavy atom. The molecule has 25 heavy (non-hydrogen) atoms. The van der Waals surface area contributed by atoms with Crippen LogP contribution in [0.4, 0.5) is 10.8 Å². The SMILES string of the molecule is Cc1ccc(C)c(N2CCN(c3nc4c(C)cc(C)cc4s3)CC2)c1. The van der Waals surface area contributed by atoms with E-state index in [4.69, 9.17) is 4.98 Å². The third-order valence-electron chi connectivity index (χ3n) is 5.07. The van der Waals surface area contributed by atoms with Gasteiger partial charge in [0.2, 0.25) is 0 Å². The summed E-state index contributed by atoms with van der Waals surface area (Å²) in [5.41, 5.74) is 7.86. The maximum atomic E-state index is 4.93. The molecular formula is C21H25N3S. The maximum Gasteiger partial charge on any atom is 0.186 e. The Bertz CT molecular complexity index is 920. The zero-order chi connectivity index (χ0) is 17.6. The fourth-order valence-corrected chi connectivity index (χ4v) is 4.89. The van der Waals surface area contributed by atoms with E-state index in [0.717, 1.165) is 26.2 Å². The predicted molar refractivity (Wildman–Crippen MR) is 109 cm³/mol. The van der Waals surface area contributed by atoms with Crippen LogP contribution < -0.4 is 9.80 Å². The van der Waals surface area contributed by atoms with Crippen molar-refractivity contribution < 1.29 is 0 Å². The molecule has 1 aromatic heterocycles. The van der Waals surface area contributed by atoms with Crippen LogP contribution in [0.3, 0.4) is 0 Å². The fraction of sp³-hybridized carbons (Fsp3) is 0.381. The molecule has 3 nitrogen and oxygen atoms in total. The first kappa shape index (κ1) is 16.4. The molecule has 0 amide bonds. The third-order valence-corrected chi connectivity index (χ3v) is 6.14. The highest BCUT2D eigenvalue weighted by Crippen LogP contribution is 2.32. The Morgan fingerprint density at radius 1 is 0.800 bits per heavy atom. The van der Waals surface area contributed by atoms with Gasteiger partial charge in [0.05, 0.1) is 10.2 Å². The van der Waals surface area contributed by atoms with E-state index in [9.17, 15) is 0 Å². The van der Waals surface area contributed by atoms with Gasteiger partial charge in [-0.15, -0.1) is 0 Å². The highest BCUT2D eigenvalue weighted by Gasteiger charge is 2.21. The number of thiazole rings is 1. The second-order valence-corrected chi connectivity index (χ2v) is 8.20. The lowest BCUT2D eigenvalue weighted by Gasteiger charge is -2.36. The average molecular weight is 352 g/mol. The third kappa shape index (κ3) is 3.11. The number of aromatic nitrogens is 1. The first-order valence-corrected chi connectivity index (χ1v) is 9.78. The van der Waals surface area contributed by atoms with Crippen molar-refractivity contribution >= 4 is 32.4 Å². The van der Waals surface area contributed by atoms with Crippen LogP contribution in [0.15, 0.2) is 30.3 Å². The summed E-state index contributed by atoms with van der Waals surface area (Å²) in [6.07, 6.45) is 0. The van der Waals surface area contributed by atoms with Crippen LogP contribution in [-0.4, -0.2) is 31.2 Å². The number of benzene rings is 2. The van der Waals surface area contributed by atoms with E-state index in [1.807, 2.05) is 11.3 Å². The van der Waals surface area contributed by atoms with Crippen LogP contribution in [0, 0.1) is 27.7 Å². The Balaban J connectivity index is 1.54. The largest absolute Gasteiger partial charge is 0.368 e. The van der Waals surface area contributed by atoms with Crippen LogP contribution in [-0.2, 0) is 0 Å². The number of piperazine rings is 1. The number of anilines is 2. The Kier molecular flexibility index (Phi) is 4.16. The van der Waals surface area contributed by atoms with Crippen molar-refractivity contribution in [2.75, 3.05) is 36.0 Å². The Morgan fingerprint density at radius 3 is 2.28 bits per heavy atom. The van der Waals surface area contributed by atoms with E-state index >= 15 is 0 Å². The van der Waals surface area contributed by atoms with Crippen molar-refractivity contribution in [1.29, 1.82) is 0 Å². The summed E-state index contributed by atoms with van der Waals surface area (Å²) >= 11 is 1.83. The first-order chi connectivity index (χ1) is 12.0. The molecule has 1 fully saturated rings. The van der Waals surface area contributed by atoms with Crippen LogP contribution in [0.1, 0.15) is 22.3 Å². The van der Waals surface area contributed by atoms with Gasteiger partial charge >= 0.3 is 0 Å². The van der Waals surface area contributed by atoms with Crippen molar-refractivity contribution in [3.8, 4) is 0 Å². The predicted octanol–water partition coefficient (Wildman–Crippen LogP) is 4.86. The number of hydrogen-bond acceptors (Lipinski definition) is 4. The Labute approximate surface area is 153 Å².